The first-order valence-electron chi connectivity index (χ1n) is 6.12. The highest BCUT2D eigenvalue weighted by Crippen LogP contribution is 2.24. The highest BCUT2D eigenvalue weighted by molar-refractivity contribution is 6.33. The summed E-state index contributed by atoms with van der Waals surface area (Å²) in [4.78, 5) is 22.1. The van der Waals surface area contributed by atoms with Gasteiger partial charge in [0, 0.05) is 12.1 Å². The first-order valence-corrected chi connectivity index (χ1v) is 6.49. The topological polar surface area (TPSA) is 69.4 Å². The van der Waals surface area contributed by atoms with Gasteiger partial charge in [-0.1, -0.05) is 17.7 Å². The molecule has 0 N–H and O–H groups in total. The maximum Gasteiger partial charge on any atom is 0.345 e. The fourth-order valence-electron chi connectivity index (χ4n) is 1.72. The van der Waals surface area contributed by atoms with Crippen LogP contribution in [-0.4, -0.2) is 10.9 Å². The Kier molecular flexibility index (Phi) is 4.23. The van der Waals surface area contributed by atoms with E-state index in [1.807, 2.05) is 19.9 Å². The van der Waals surface area contributed by atoms with Crippen molar-refractivity contribution in [3.63, 3.8) is 0 Å². The minimum atomic E-state index is -0.654. The van der Waals surface area contributed by atoms with Crippen LogP contribution in [0.15, 0.2) is 36.4 Å². The van der Waals surface area contributed by atoms with Gasteiger partial charge in [-0.15, -0.1) is 0 Å². The van der Waals surface area contributed by atoms with E-state index in [1.165, 1.54) is 12.1 Å². The Labute approximate surface area is 126 Å². The van der Waals surface area contributed by atoms with Crippen molar-refractivity contribution in [1.82, 2.24) is 0 Å². The van der Waals surface area contributed by atoms with Crippen molar-refractivity contribution < 1.29 is 14.5 Å². The fraction of sp³-hybridized carbons (Fsp3) is 0.133. The van der Waals surface area contributed by atoms with Crippen LogP contribution < -0.4 is 4.74 Å². The van der Waals surface area contributed by atoms with Crippen LogP contribution in [0.2, 0.25) is 5.02 Å². The van der Waals surface area contributed by atoms with E-state index in [1.54, 1.807) is 12.1 Å². The van der Waals surface area contributed by atoms with E-state index in [0.717, 1.165) is 17.2 Å². The van der Waals surface area contributed by atoms with Gasteiger partial charge in [-0.25, -0.2) is 4.79 Å². The van der Waals surface area contributed by atoms with Crippen LogP contribution in [0.25, 0.3) is 0 Å². The molecule has 0 aliphatic rings. The van der Waals surface area contributed by atoms with Crippen LogP contribution in [0.1, 0.15) is 21.5 Å². The van der Waals surface area contributed by atoms with E-state index in [2.05, 4.69) is 0 Å². The molecule has 21 heavy (non-hydrogen) atoms. The summed E-state index contributed by atoms with van der Waals surface area (Å²) in [5.41, 5.74) is 1.99. The van der Waals surface area contributed by atoms with Crippen LogP contribution in [-0.2, 0) is 0 Å². The van der Waals surface area contributed by atoms with E-state index in [0.29, 0.717) is 5.75 Å². The van der Waals surface area contributed by atoms with Gasteiger partial charge in [0.1, 0.15) is 5.75 Å². The number of rotatable bonds is 3. The van der Waals surface area contributed by atoms with Gasteiger partial charge in [-0.05, 0) is 43.2 Å². The van der Waals surface area contributed by atoms with Gasteiger partial charge < -0.3 is 4.74 Å². The minimum Gasteiger partial charge on any atom is -0.423 e. The summed E-state index contributed by atoms with van der Waals surface area (Å²) in [6, 6.07) is 8.88. The third-order valence-electron chi connectivity index (χ3n) is 3.07. The molecule has 0 heterocycles. The van der Waals surface area contributed by atoms with Crippen LogP contribution in [0.5, 0.6) is 5.75 Å². The van der Waals surface area contributed by atoms with Crippen LogP contribution in [0.4, 0.5) is 5.69 Å². The Hall–Kier alpha value is -2.40. The van der Waals surface area contributed by atoms with Crippen LogP contribution in [0, 0.1) is 24.0 Å². The molecular weight excluding hydrogens is 294 g/mol. The smallest absolute Gasteiger partial charge is 0.345 e. The number of esters is 1. The number of hydrogen-bond donors (Lipinski definition) is 0. The largest absolute Gasteiger partial charge is 0.423 e. The average Bonchev–Trinajstić information content (AvgIpc) is 2.42. The molecule has 0 spiro atoms. The average molecular weight is 306 g/mol. The summed E-state index contributed by atoms with van der Waals surface area (Å²) in [6.45, 7) is 3.86. The van der Waals surface area contributed by atoms with Gasteiger partial charge in [-0.3, -0.25) is 10.1 Å². The number of halogens is 1. The predicted octanol–water partition coefficient (Wildman–Crippen LogP) is 4.08. The second kappa shape index (κ2) is 5.93. The summed E-state index contributed by atoms with van der Waals surface area (Å²) in [6.07, 6.45) is 0. The first-order chi connectivity index (χ1) is 9.88. The summed E-state index contributed by atoms with van der Waals surface area (Å²) in [5, 5.41) is 10.6. The molecule has 0 aliphatic heterocycles. The summed E-state index contributed by atoms with van der Waals surface area (Å²) >= 11 is 5.89. The Bertz CT molecular complexity index is 728. The number of nitrogens with zero attached hydrogens (tertiary/aromatic N) is 1. The molecule has 0 amide bonds. The molecule has 0 fully saturated rings. The van der Waals surface area contributed by atoms with E-state index in [-0.39, 0.29) is 16.3 Å². The molecule has 0 aromatic heterocycles. The number of ether oxygens (including phenoxy) is 1. The zero-order valence-electron chi connectivity index (χ0n) is 11.4. The summed E-state index contributed by atoms with van der Waals surface area (Å²) in [5.74, 6) is -0.254. The number of carbonyl (C=O) groups excluding carboxylic acids is 1. The lowest BCUT2D eigenvalue weighted by molar-refractivity contribution is -0.384. The molecule has 0 radical (unpaired) electrons. The quantitative estimate of drug-likeness (QED) is 0.371. The molecule has 2 rings (SSSR count). The Balaban J connectivity index is 2.24. The lowest BCUT2D eigenvalue weighted by Crippen LogP contribution is -2.09. The van der Waals surface area contributed by atoms with Crippen LogP contribution in [0.3, 0.4) is 0 Å². The third kappa shape index (κ3) is 3.38. The second-order valence-electron chi connectivity index (χ2n) is 4.56. The van der Waals surface area contributed by atoms with Crippen molar-refractivity contribution in [2.24, 2.45) is 0 Å². The molecule has 2 aromatic carbocycles. The van der Waals surface area contributed by atoms with Gasteiger partial charge in [-0.2, -0.15) is 0 Å². The summed E-state index contributed by atoms with van der Waals surface area (Å²) < 4.78 is 5.22. The minimum absolute atomic E-state index is 0.0157. The van der Waals surface area contributed by atoms with E-state index in [9.17, 15) is 14.9 Å². The Morgan fingerprint density at radius 2 is 1.86 bits per heavy atom. The van der Waals surface area contributed by atoms with Gasteiger partial charge >= 0.3 is 5.97 Å². The lowest BCUT2D eigenvalue weighted by atomic mass is 10.1. The van der Waals surface area contributed by atoms with Crippen molar-refractivity contribution in [2.75, 3.05) is 0 Å². The summed E-state index contributed by atoms with van der Waals surface area (Å²) in [7, 11) is 0. The maximum atomic E-state index is 12.0. The van der Waals surface area contributed by atoms with Gasteiger partial charge in [0.2, 0.25) is 0 Å². The molecule has 0 unspecified atom stereocenters. The lowest BCUT2D eigenvalue weighted by Gasteiger charge is -2.07. The van der Waals surface area contributed by atoms with Gasteiger partial charge in [0.15, 0.2) is 0 Å². The monoisotopic (exact) mass is 305 g/mol. The number of non-ortho nitro benzene ring substituents is 1. The molecule has 108 valence electrons. The second-order valence-corrected chi connectivity index (χ2v) is 4.96. The predicted molar refractivity (Wildman–Crippen MR) is 79.0 cm³/mol. The number of nitro groups is 1. The molecule has 6 heteroatoms. The van der Waals surface area contributed by atoms with Crippen molar-refractivity contribution >= 4 is 23.3 Å². The molecule has 5 nitrogen and oxygen atoms in total. The van der Waals surface area contributed by atoms with Crippen molar-refractivity contribution in [3.8, 4) is 5.75 Å². The molecule has 0 aliphatic carbocycles. The van der Waals surface area contributed by atoms with Gasteiger partial charge in [0.05, 0.1) is 15.5 Å². The third-order valence-corrected chi connectivity index (χ3v) is 3.39. The number of nitro benzene ring substituents is 1. The van der Waals surface area contributed by atoms with E-state index < -0.39 is 10.9 Å². The van der Waals surface area contributed by atoms with Crippen LogP contribution >= 0.6 is 11.6 Å². The maximum absolute atomic E-state index is 12.0. The number of benzene rings is 2. The van der Waals surface area contributed by atoms with E-state index >= 15 is 0 Å². The molecule has 0 saturated carbocycles. The van der Waals surface area contributed by atoms with Crippen molar-refractivity contribution in [2.45, 2.75) is 13.8 Å². The normalized spacial score (nSPS) is 10.2. The highest BCUT2D eigenvalue weighted by Gasteiger charge is 2.16. The molecule has 2 aromatic rings. The zero-order chi connectivity index (χ0) is 15.6. The highest BCUT2D eigenvalue weighted by atomic mass is 35.5. The number of aryl methyl sites for hydroxylation is 2. The Morgan fingerprint density at radius 1 is 1.14 bits per heavy atom. The SMILES string of the molecule is Cc1ccc(OC(=O)c2ccc([N+](=O)[O-])cc2Cl)cc1C. The zero-order valence-corrected chi connectivity index (χ0v) is 12.2. The molecular formula is C15H12ClNO4. The van der Waals surface area contributed by atoms with Gasteiger partial charge in [0.25, 0.3) is 5.69 Å². The Morgan fingerprint density at radius 3 is 2.43 bits per heavy atom. The fourth-order valence-corrected chi connectivity index (χ4v) is 1.97. The van der Waals surface area contributed by atoms with Crippen molar-refractivity contribution in [1.29, 1.82) is 0 Å². The standard InChI is InChI=1S/C15H12ClNO4/c1-9-3-5-12(7-10(9)2)21-15(18)13-6-4-11(17(19)20)8-14(13)16/h3-8H,1-2H3. The first kappa shape index (κ1) is 15.0. The number of carbonyl (C=O) groups is 1. The number of hydrogen-bond acceptors (Lipinski definition) is 4. The van der Waals surface area contributed by atoms with Crippen molar-refractivity contribution in [3.05, 3.63) is 68.2 Å². The van der Waals surface area contributed by atoms with E-state index in [4.69, 9.17) is 16.3 Å². The molecule has 0 saturated heterocycles. The molecule has 0 bridgehead atoms. The molecule has 0 atom stereocenters.